The molecule has 5 nitrogen and oxygen atoms in total. The van der Waals surface area contributed by atoms with Gasteiger partial charge in [0.25, 0.3) is 0 Å². The summed E-state index contributed by atoms with van der Waals surface area (Å²) in [6.07, 6.45) is 0.701. The van der Waals surface area contributed by atoms with Crippen molar-refractivity contribution in [1.82, 2.24) is 10.4 Å². The van der Waals surface area contributed by atoms with Gasteiger partial charge in [-0.1, -0.05) is 5.10 Å². The van der Waals surface area contributed by atoms with Gasteiger partial charge in [-0.3, -0.25) is 9.69 Å². The van der Waals surface area contributed by atoms with Crippen molar-refractivity contribution in [3.8, 4) is 0 Å². The van der Waals surface area contributed by atoms with Crippen LogP contribution in [0.2, 0.25) is 0 Å². The standard InChI is InChI=1S/C6H9N3O2/c1-3-9(4-10)6-5(2)11-8-7-6/h4H,3H2,1-2H3. The van der Waals surface area contributed by atoms with Gasteiger partial charge in [-0.25, -0.2) is 0 Å². The molecule has 0 aliphatic carbocycles. The largest absolute Gasteiger partial charge is 0.340 e. The van der Waals surface area contributed by atoms with Crippen LogP contribution in [-0.4, -0.2) is 23.3 Å². The van der Waals surface area contributed by atoms with Crippen molar-refractivity contribution in [3.63, 3.8) is 0 Å². The van der Waals surface area contributed by atoms with E-state index in [0.29, 0.717) is 24.5 Å². The van der Waals surface area contributed by atoms with E-state index in [9.17, 15) is 4.79 Å². The number of carbonyl (C=O) groups is 1. The highest BCUT2D eigenvalue weighted by Crippen LogP contribution is 2.12. The maximum atomic E-state index is 10.4. The SMILES string of the molecule is CCN(C=O)c1nnoc1C. The molecule has 1 rings (SSSR count). The normalized spacial score (nSPS) is 9.64. The van der Waals surface area contributed by atoms with Gasteiger partial charge < -0.3 is 4.52 Å². The van der Waals surface area contributed by atoms with Crippen LogP contribution in [0.15, 0.2) is 4.52 Å². The lowest BCUT2D eigenvalue weighted by Gasteiger charge is -2.09. The third-order valence-corrected chi connectivity index (χ3v) is 1.37. The molecule has 0 spiro atoms. The Morgan fingerprint density at radius 2 is 2.45 bits per heavy atom. The summed E-state index contributed by atoms with van der Waals surface area (Å²) in [7, 11) is 0. The maximum Gasteiger partial charge on any atom is 0.215 e. The second-order valence-corrected chi connectivity index (χ2v) is 2.04. The monoisotopic (exact) mass is 155 g/mol. The first kappa shape index (κ1) is 7.71. The molecular weight excluding hydrogens is 146 g/mol. The highest BCUT2D eigenvalue weighted by atomic mass is 16.5. The van der Waals surface area contributed by atoms with Gasteiger partial charge in [0.05, 0.1) is 0 Å². The van der Waals surface area contributed by atoms with Crippen LogP contribution in [0.25, 0.3) is 0 Å². The third-order valence-electron chi connectivity index (χ3n) is 1.37. The quantitative estimate of drug-likeness (QED) is 0.591. The Kier molecular flexibility index (Phi) is 2.20. The molecule has 60 valence electrons. The average molecular weight is 155 g/mol. The minimum atomic E-state index is 0.488. The molecule has 0 aromatic carbocycles. The minimum Gasteiger partial charge on any atom is -0.340 e. The first-order valence-electron chi connectivity index (χ1n) is 3.30. The zero-order valence-corrected chi connectivity index (χ0v) is 6.44. The Balaban J connectivity index is 2.89. The van der Waals surface area contributed by atoms with E-state index < -0.39 is 0 Å². The lowest BCUT2D eigenvalue weighted by atomic mass is 10.4. The molecule has 1 heterocycles. The molecule has 11 heavy (non-hydrogen) atoms. The molecule has 0 saturated heterocycles. The van der Waals surface area contributed by atoms with Crippen molar-refractivity contribution in [2.75, 3.05) is 11.4 Å². The van der Waals surface area contributed by atoms with Gasteiger partial charge in [0.15, 0.2) is 5.76 Å². The van der Waals surface area contributed by atoms with Crippen LogP contribution < -0.4 is 4.90 Å². The van der Waals surface area contributed by atoms with Gasteiger partial charge in [-0.05, 0) is 6.92 Å². The highest BCUT2D eigenvalue weighted by Gasteiger charge is 2.10. The average Bonchev–Trinajstić information content (AvgIpc) is 2.40. The molecule has 0 aliphatic heterocycles. The molecule has 0 radical (unpaired) electrons. The van der Waals surface area contributed by atoms with E-state index in [-0.39, 0.29) is 0 Å². The molecule has 0 bridgehead atoms. The van der Waals surface area contributed by atoms with E-state index in [1.54, 1.807) is 6.92 Å². The number of anilines is 1. The number of rotatable bonds is 3. The number of nitrogens with zero attached hydrogens (tertiary/aromatic N) is 3. The summed E-state index contributed by atoms with van der Waals surface area (Å²) in [4.78, 5) is 11.8. The summed E-state index contributed by atoms with van der Waals surface area (Å²) in [6, 6.07) is 0. The summed E-state index contributed by atoms with van der Waals surface area (Å²) < 4.78 is 4.69. The molecule has 1 aromatic rings. The smallest absolute Gasteiger partial charge is 0.215 e. The van der Waals surface area contributed by atoms with Crippen molar-refractivity contribution in [3.05, 3.63) is 5.76 Å². The third kappa shape index (κ3) is 1.36. The summed E-state index contributed by atoms with van der Waals surface area (Å²) in [5, 5.41) is 6.95. The predicted octanol–water partition coefficient (Wildman–Crippen LogP) is 0.361. The number of aromatic nitrogens is 2. The van der Waals surface area contributed by atoms with Gasteiger partial charge in [0.2, 0.25) is 12.2 Å². The molecule has 5 heteroatoms. The van der Waals surface area contributed by atoms with Crippen molar-refractivity contribution in [2.45, 2.75) is 13.8 Å². The Bertz CT molecular complexity index is 246. The zero-order valence-electron chi connectivity index (χ0n) is 6.44. The predicted molar refractivity (Wildman–Crippen MR) is 38.1 cm³/mol. The number of hydrogen-bond donors (Lipinski definition) is 0. The summed E-state index contributed by atoms with van der Waals surface area (Å²) in [5.41, 5.74) is 0. The molecule has 0 unspecified atom stereocenters. The summed E-state index contributed by atoms with van der Waals surface area (Å²) >= 11 is 0. The van der Waals surface area contributed by atoms with E-state index in [0.717, 1.165) is 0 Å². The molecule has 0 atom stereocenters. The van der Waals surface area contributed by atoms with E-state index in [1.807, 2.05) is 6.92 Å². The van der Waals surface area contributed by atoms with Crippen molar-refractivity contribution >= 4 is 12.2 Å². The fourth-order valence-corrected chi connectivity index (χ4v) is 0.765. The molecule has 0 N–H and O–H groups in total. The highest BCUT2D eigenvalue weighted by molar-refractivity contribution is 5.73. The van der Waals surface area contributed by atoms with E-state index >= 15 is 0 Å². The van der Waals surface area contributed by atoms with Crippen molar-refractivity contribution < 1.29 is 9.32 Å². The van der Waals surface area contributed by atoms with Crippen LogP contribution in [-0.2, 0) is 4.79 Å². The zero-order chi connectivity index (χ0) is 8.27. The first-order valence-corrected chi connectivity index (χ1v) is 3.30. The molecular formula is C6H9N3O2. The Hall–Kier alpha value is -1.39. The molecule has 0 saturated carbocycles. The van der Waals surface area contributed by atoms with E-state index in [1.165, 1.54) is 4.90 Å². The lowest BCUT2D eigenvalue weighted by molar-refractivity contribution is -0.107. The Morgan fingerprint density at radius 3 is 2.82 bits per heavy atom. The molecule has 0 aliphatic rings. The van der Waals surface area contributed by atoms with Crippen molar-refractivity contribution in [2.24, 2.45) is 0 Å². The van der Waals surface area contributed by atoms with Crippen LogP contribution in [0.1, 0.15) is 12.7 Å². The molecule has 1 amide bonds. The van der Waals surface area contributed by atoms with Crippen LogP contribution in [0.4, 0.5) is 5.82 Å². The Labute approximate surface area is 64.0 Å². The second kappa shape index (κ2) is 3.14. The fourth-order valence-electron chi connectivity index (χ4n) is 0.765. The summed E-state index contributed by atoms with van der Waals surface area (Å²) in [6.45, 7) is 4.13. The van der Waals surface area contributed by atoms with Gasteiger partial charge in [0.1, 0.15) is 0 Å². The van der Waals surface area contributed by atoms with Crippen LogP contribution in [0.5, 0.6) is 0 Å². The molecule has 0 fully saturated rings. The minimum absolute atomic E-state index is 0.488. The maximum absolute atomic E-state index is 10.4. The summed E-state index contributed by atoms with van der Waals surface area (Å²) in [5.74, 6) is 1.04. The first-order chi connectivity index (χ1) is 5.29. The van der Waals surface area contributed by atoms with Crippen LogP contribution in [0, 0.1) is 6.92 Å². The van der Waals surface area contributed by atoms with Gasteiger partial charge in [-0.15, -0.1) is 0 Å². The number of carbonyl (C=O) groups excluding carboxylic acids is 1. The van der Waals surface area contributed by atoms with Crippen LogP contribution in [0.3, 0.4) is 0 Å². The second-order valence-electron chi connectivity index (χ2n) is 2.04. The number of amides is 1. The van der Waals surface area contributed by atoms with Gasteiger partial charge in [-0.2, -0.15) is 0 Å². The van der Waals surface area contributed by atoms with E-state index in [2.05, 4.69) is 14.9 Å². The topological polar surface area (TPSA) is 59.2 Å². The number of hydrogen-bond acceptors (Lipinski definition) is 4. The van der Waals surface area contributed by atoms with Crippen molar-refractivity contribution in [1.29, 1.82) is 0 Å². The number of aryl methyl sites for hydroxylation is 1. The fraction of sp³-hybridized carbons (Fsp3) is 0.500. The van der Waals surface area contributed by atoms with Crippen LogP contribution >= 0.6 is 0 Å². The van der Waals surface area contributed by atoms with Gasteiger partial charge >= 0.3 is 0 Å². The molecule has 1 aromatic heterocycles. The lowest BCUT2D eigenvalue weighted by Crippen LogP contribution is -2.21. The van der Waals surface area contributed by atoms with Gasteiger partial charge in [0, 0.05) is 18.7 Å². The Morgan fingerprint density at radius 1 is 1.73 bits per heavy atom. The van der Waals surface area contributed by atoms with E-state index in [4.69, 9.17) is 0 Å².